The van der Waals surface area contributed by atoms with Gasteiger partial charge in [-0.15, -0.1) is 0 Å². The van der Waals surface area contributed by atoms with Crippen LogP contribution in [0.15, 0.2) is 0 Å². The van der Waals surface area contributed by atoms with E-state index in [0.717, 1.165) is 114 Å². The summed E-state index contributed by atoms with van der Waals surface area (Å²) in [7, 11) is -9.90. The first-order valence-corrected chi connectivity index (χ1v) is 39.9. The maximum Gasteiger partial charge on any atom is 0.472 e. The number of hydrogen-bond acceptors (Lipinski definition) is 15. The van der Waals surface area contributed by atoms with Crippen LogP contribution in [-0.4, -0.2) is 96.7 Å². The molecule has 0 spiro atoms. The van der Waals surface area contributed by atoms with Crippen molar-refractivity contribution < 1.29 is 80.2 Å². The van der Waals surface area contributed by atoms with Crippen LogP contribution < -0.4 is 0 Å². The van der Waals surface area contributed by atoms with Crippen LogP contribution in [0.1, 0.15) is 357 Å². The predicted molar refractivity (Wildman–Crippen MR) is 363 cm³/mol. The van der Waals surface area contributed by atoms with Crippen LogP contribution in [0.5, 0.6) is 0 Å². The molecule has 0 amide bonds. The van der Waals surface area contributed by atoms with Crippen molar-refractivity contribution in [1.29, 1.82) is 0 Å². The number of unbranched alkanes of at least 4 members (excludes halogenated alkanes) is 36. The number of aliphatic hydroxyl groups excluding tert-OH is 1. The standard InChI is InChI=1S/C71H138O17P2/c1-8-10-11-12-13-14-15-16-20-25-30-38-45-52-68(73)81-58-66(87-70(75)54-47-40-31-26-21-18-17-19-23-28-35-42-49-62(3)4)60-85-89(77,78)83-56-65(72)57-84-90(79,80)86-61-67(59-82-69(74)53-46-39-34-33-37-44-51-64(7)9-2)88-71(76)55-48-41-32-27-22-24-29-36-43-50-63(5)6/h62-67,72H,8-61H2,1-7H3,(H,77,78)(H,79,80)/t64?,65-,66-,67-/m1/s1. The molecule has 0 fully saturated rings. The number of phosphoric ester groups is 2. The van der Waals surface area contributed by atoms with E-state index >= 15 is 0 Å². The first-order valence-electron chi connectivity index (χ1n) is 36.9. The number of carbonyl (C=O) groups is 4. The summed E-state index contributed by atoms with van der Waals surface area (Å²) in [4.78, 5) is 72.6. The fourth-order valence-electron chi connectivity index (χ4n) is 10.7. The van der Waals surface area contributed by atoms with Crippen LogP contribution in [0.25, 0.3) is 0 Å². The summed E-state index contributed by atoms with van der Waals surface area (Å²) in [5.74, 6) is 0.119. The lowest BCUT2D eigenvalue weighted by molar-refractivity contribution is -0.161. The minimum absolute atomic E-state index is 0.104. The van der Waals surface area contributed by atoms with E-state index in [1.165, 1.54) is 161 Å². The van der Waals surface area contributed by atoms with Crippen LogP contribution in [-0.2, 0) is 65.4 Å². The van der Waals surface area contributed by atoms with Gasteiger partial charge in [0.05, 0.1) is 26.4 Å². The van der Waals surface area contributed by atoms with E-state index < -0.39 is 97.5 Å². The highest BCUT2D eigenvalue weighted by molar-refractivity contribution is 7.47. The Labute approximate surface area is 549 Å². The number of carbonyl (C=O) groups excluding carboxylic acids is 4. The normalized spacial score (nSPS) is 14.5. The molecular formula is C71H138O17P2. The maximum atomic E-state index is 13.0. The Morgan fingerprint density at radius 3 is 0.844 bits per heavy atom. The van der Waals surface area contributed by atoms with E-state index in [0.29, 0.717) is 25.7 Å². The van der Waals surface area contributed by atoms with Crippen LogP contribution in [0.3, 0.4) is 0 Å². The molecule has 0 aromatic carbocycles. The molecule has 0 saturated carbocycles. The average Bonchev–Trinajstić information content (AvgIpc) is 2.98. The average molecular weight is 1330 g/mol. The smallest absolute Gasteiger partial charge is 0.462 e. The molecule has 0 bridgehead atoms. The predicted octanol–water partition coefficient (Wildman–Crippen LogP) is 20.2. The van der Waals surface area contributed by atoms with E-state index in [2.05, 4.69) is 48.5 Å². The van der Waals surface area contributed by atoms with E-state index in [1.807, 2.05) is 0 Å². The molecule has 534 valence electrons. The fraction of sp³-hybridized carbons (Fsp3) is 0.944. The number of aliphatic hydroxyl groups is 1. The molecule has 90 heavy (non-hydrogen) atoms. The molecule has 0 rings (SSSR count). The van der Waals surface area contributed by atoms with Gasteiger partial charge in [-0.2, -0.15) is 0 Å². The van der Waals surface area contributed by atoms with Crippen LogP contribution in [0, 0.1) is 17.8 Å². The molecular weight excluding hydrogens is 1190 g/mol. The Kier molecular flexibility index (Phi) is 60.6. The van der Waals surface area contributed by atoms with Crippen molar-refractivity contribution >= 4 is 39.5 Å². The molecule has 0 aliphatic heterocycles. The number of rotatable bonds is 69. The second-order valence-electron chi connectivity index (χ2n) is 26.8. The van der Waals surface area contributed by atoms with Gasteiger partial charge in [0.25, 0.3) is 0 Å². The second kappa shape index (κ2) is 61.9. The molecule has 0 radical (unpaired) electrons. The Balaban J connectivity index is 5.26. The summed E-state index contributed by atoms with van der Waals surface area (Å²) in [6.07, 6.45) is 45.8. The first kappa shape index (κ1) is 88.1. The summed E-state index contributed by atoms with van der Waals surface area (Å²) in [6.45, 7) is 11.8. The number of hydrogen-bond donors (Lipinski definition) is 3. The van der Waals surface area contributed by atoms with E-state index in [9.17, 15) is 43.2 Å². The van der Waals surface area contributed by atoms with Crippen molar-refractivity contribution in [3.05, 3.63) is 0 Å². The highest BCUT2D eigenvalue weighted by Gasteiger charge is 2.30. The summed E-state index contributed by atoms with van der Waals surface area (Å²) < 4.78 is 68.3. The summed E-state index contributed by atoms with van der Waals surface area (Å²) in [6, 6.07) is 0. The largest absolute Gasteiger partial charge is 0.472 e. The molecule has 3 N–H and O–H groups in total. The molecule has 6 atom stereocenters. The number of phosphoric acid groups is 2. The third-order valence-corrected chi connectivity index (χ3v) is 18.6. The van der Waals surface area contributed by atoms with E-state index in [4.69, 9.17) is 37.0 Å². The quantitative estimate of drug-likeness (QED) is 0.0222. The van der Waals surface area contributed by atoms with Crippen molar-refractivity contribution in [3.8, 4) is 0 Å². The lowest BCUT2D eigenvalue weighted by Gasteiger charge is -2.21. The third kappa shape index (κ3) is 63.5. The van der Waals surface area contributed by atoms with Crippen molar-refractivity contribution in [2.45, 2.75) is 375 Å². The van der Waals surface area contributed by atoms with Gasteiger partial charge >= 0.3 is 39.5 Å². The molecule has 0 aliphatic carbocycles. The van der Waals surface area contributed by atoms with E-state index in [-0.39, 0.29) is 25.7 Å². The molecule has 17 nitrogen and oxygen atoms in total. The lowest BCUT2D eigenvalue weighted by atomic mass is 10.00. The van der Waals surface area contributed by atoms with Crippen molar-refractivity contribution in [3.63, 3.8) is 0 Å². The van der Waals surface area contributed by atoms with Crippen molar-refractivity contribution in [2.24, 2.45) is 17.8 Å². The number of esters is 4. The van der Waals surface area contributed by atoms with Gasteiger partial charge in [-0.25, -0.2) is 9.13 Å². The van der Waals surface area contributed by atoms with Crippen LogP contribution in [0.2, 0.25) is 0 Å². The molecule has 0 saturated heterocycles. The van der Waals surface area contributed by atoms with Gasteiger partial charge in [0.2, 0.25) is 0 Å². The van der Waals surface area contributed by atoms with E-state index in [1.54, 1.807) is 0 Å². The highest BCUT2D eigenvalue weighted by Crippen LogP contribution is 2.45. The van der Waals surface area contributed by atoms with Gasteiger partial charge in [0.1, 0.15) is 19.3 Å². The Bertz CT molecular complexity index is 1770. The summed E-state index contributed by atoms with van der Waals surface area (Å²) in [5, 5.41) is 10.6. The third-order valence-electron chi connectivity index (χ3n) is 16.7. The summed E-state index contributed by atoms with van der Waals surface area (Å²) >= 11 is 0. The zero-order chi connectivity index (χ0) is 66.6. The monoisotopic (exact) mass is 1320 g/mol. The summed E-state index contributed by atoms with van der Waals surface area (Å²) in [5.41, 5.74) is 0. The minimum Gasteiger partial charge on any atom is -0.462 e. The van der Waals surface area contributed by atoms with Gasteiger partial charge < -0.3 is 33.8 Å². The lowest BCUT2D eigenvalue weighted by Crippen LogP contribution is -2.30. The van der Waals surface area contributed by atoms with Gasteiger partial charge in [-0.05, 0) is 43.4 Å². The zero-order valence-corrected chi connectivity index (χ0v) is 60.4. The van der Waals surface area contributed by atoms with Crippen LogP contribution in [0.4, 0.5) is 0 Å². The Morgan fingerprint density at radius 2 is 0.567 bits per heavy atom. The van der Waals surface area contributed by atoms with Crippen molar-refractivity contribution in [2.75, 3.05) is 39.6 Å². The minimum atomic E-state index is -4.95. The van der Waals surface area contributed by atoms with Gasteiger partial charge in [0.15, 0.2) is 12.2 Å². The fourth-order valence-corrected chi connectivity index (χ4v) is 12.3. The molecule has 3 unspecified atom stereocenters. The highest BCUT2D eigenvalue weighted by atomic mass is 31.2. The molecule has 0 heterocycles. The van der Waals surface area contributed by atoms with Crippen molar-refractivity contribution in [1.82, 2.24) is 0 Å². The molecule has 19 heteroatoms. The number of ether oxygens (including phenoxy) is 4. The molecule has 0 aromatic heterocycles. The van der Waals surface area contributed by atoms with Gasteiger partial charge in [-0.3, -0.25) is 37.3 Å². The zero-order valence-electron chi connectivity index (χ0n) is 58.6. The van der Waals surface area contributed by atoms with Gasteiger partial charge in [-0.1, -0.05) is 305 Å². The SMILES string of the molecule is CCCCCCCCCCCCCCCC(=O)OC[C@H](COP(=O)(O)OC[C@@H](O)COP(=O)(O)OC[C@@H](COC(=O)CCCCCCCCC(C)CC)OC(=O)CCCCCCCCCCCC(C)C)OC(=O)CCCCCCCCCCCCCCC(C)C. The van der Waals surface area contributed by atoms with Gasteiger partial charge in [0, 0.05) is 25.7 Å². The Hall–Kier alpha value is -1.94. The molecule has 0 aromatic rings. The maximum absolute atomic E-state index is 13.0. The van der Waals surface area contributed by atoms with Crippen LogP contribution >= 0.6 is 15.6 Å². The molecule has 0 aliphatic rings. The second-order valence-corrected chi connectivity index (χ2v) is 29.7. The Morgan fingerprint density at radius 1 is 0.322 bits per heavy atom. The first-order chi connectivity index (χ1) is 43.3. The topological polar surface area (TPSA) is 237 Å².